The summed E-state index contributed by atoms with van der Waals surface area (Å²) >= 11 is 0. The number of hydrogen-bond acceptors (Lipinski definition) is 5. The van der Waals surface area contributed by atoms with Crippen molar-refractivity contribution in [1.29, 1.82) is 0 Å². The molecule has 0 aromatic heterocycles. The number of amides is 1. The molecule has 1 rings (SSSR count). The van der Waals surface area contributed by atoms with Crippen molar-refractivity contribution >= 4 is 27.3 Å². The van der Waals surface area contributed by atoms with Gasteiger partial charge >= 0.3 is 0 Å². The van der Waals surface area contributed by atoms with Gasteiger partial charge in [-0.25, -0.2) is 13.1 Å². The van der Waals surface area contributed by atoms with E-state index in [1.807, 2.05) is 6.92 Å². The van der Waals surface area contributed by atoms with Crippen molar-refractivity contribution in [2.45, 2.75) is 13.8 Å². The topological polar surface area (TPSA) is 113 Å². The van der Waals surface area contributed by atoms with Crippen LogP contribution in [0.15, 0.2) is 18.2 Å². The molecule has 0 saturated carbocycles. The molecule has 0 spiro atoms. The lowest BCUT2D eigenvalue weighted by Gasteiger charge is -2.11. The van der Waals surface area contributed by atoms with Crippen molar-refractivity contribution in [2.24, 2.45) is 0 Å². The molecule has 0 aliphatic carbocycles. The Labute approximate surface area is 125 Å². The van der Waals surface area contributed by atoms with Crippen molar-refractivity contribution in [3.05, 3.63) is 23.8 Å². The third kappa shape index (κ3) is 5.60. The molecule has 7 nitrogen and oxygen atoms in total. The van der Waals surface area contributed by atoms with Gasteiger partial charge in [0.1, 0.15) is 0 Å². The molecule has 0 saturated heterocycles. The zero-order chi connectivity index (χ0) is 15.9. The predicted octanol–water partition coefficient (Wildman–Crippen LogP) is 0.370. The fraction of sp³-hybridized carbons (Fsp3) is 0.462. The zero-order valence-corrected chi connectivity index (χ0v) is 13.1. The molecule has 0 aliphatic heterocycles. The van der Waals surface area contributed by atoms with E-state index >= 15 is 0 Å². The van der Waals surface area contributed by atoms with E-state index in [0.29, 0.717) is 30.0 Å². The van der Waals surface area contributed by atoms with Crippen molar-refractivity contribution in [2.75, 3.05) is 36.4 Å². The average molecular weight is 314 g/mol. The van der Waals surface area contributed by atoms with Gasteiger partial charge in [0.15, 0.2) is 0 Å². The molecule has 0 aliphatic rings. The largest absolute Gasteiger partial charge is 0.397 e. The molecule has 0 heterocycles. The number of nitrogen functional groups attached to an aromatic ring is 1. The molecule has 0 bridgehead atoms. The first kappa shape index (κ1) is 17.3. The fourth-order valence-corrected chi connectivity index (χ4v) is 2.69. The highest BCUT2D eigenvalue weighted by atomic mass is 32.2. The second kappa shape index (κ2) is 7.84. The van der Waals surface area contributed by atoms with Gasteiger partial charge in [-0.2, -0.15) is 0 Å². The van der Waals surface area contributed by atoms with Crippen molar-refractivity contribution in [1.82, 2.24) is 10.0 Å². The van der Waals surface area contributed by atoms with Crippen LogP contribution in [-0.2, 0) is 10.0 Å². The number of nitrogens with one attached hydrogen (secondary N) is 3. The van der Waals surface area contributed by atoms with Gasteiger partial charge in [-0.3, -0.25) is 4.79 Å². The van der Waals surface area contributed by atoms with Crippen LogP contribution in [0.25, 0.3) is 0 Å². The second-order valence-corrected chi connectivity index (χ2v) is 6.33. The number of carbonyl (C=O) groups is 1. The minimum Gasteiger partial charge on any atom is -0.397 e. The van der Waals surface area contributed by atoms with E-state index in [4.69, 9.17) is 5.73 Å². The van der Waals surface area contributed by atoms with Gasteiger partial charge in [-0.05, 0) is 25.1 Å². The minimum atomic E-state index is -3.26. The summed E-state index contributed by atoms with van der Waals surface area (Å²) in [6.45, 7) is 4.71. The fourth-order valence-electron chi connectivity index (χ4n) is 1.74. The second-order valence-electron chi connectivity index (χ2n) is 4.41. The number of nitrogens with two attached hydrogens (primary N) is 1. The predicted molar refractivity (Wildman–Crippen MR) is 84.8 cm³/mol. The van der Waals surface area contributed by atoms with E-state index < -0.39 is 10.0 Å². The zero-order valence-electron chi connectivity index (χ0n) is 12.3. The molecular formula is C13H22N4O3S. The van der Waals surface area contributed by atoms with Gasteiger partial charge in [0.05, 0.1) is 17.1 Å². The summed E-state index contributed by atoms with van der Waals surface area (Å²) in [6, 6.07) is 4.87. The van der Waals surface area contributed by atoms with E-state index in [-0.39, 0.29) is 18.2 Å². The third-order valence-electron chi connectivity index (χ3n) is 2.70. The van der Waals surface area contributed by atoms with E-state index in [9.17, 15) is 13.2 Å². The number of benzene rings is 1. The van der Waals surface area contributed by atoms with Crippen LogP contribution in [0.5, 0.6) is 0 Å². The summed E-state index contributed by atoms with van der Waals surface area (Å²) in [7, 11) is -3.26. The highest BCUT2D eigenvalue weighted by Crippen LogP contribution is 2.19. The van der Waals surface area contributed by atoms with Crippen LogP contribution in [0, 0.1) is 0 Å². The molecule has 1 aromatic rings. The van der Waals surface area contributed by atoms with E-state index in [2.05, 4.69) is 15.4 Å². The molecule has 8 heteroatoms. The Morgan fingerprint density at radius 1 is 1.24 bits per heavy atom. The standard InChI is InChI=1S/C13H22N4O3S/c1-3-15-13(18)10-5-6-12(11(14)9-10)16-7-8-21(19,20)17-4-2/h5-6,9,16-17H,3-4,7-8,14H2,1-2H3,(H,15,18). The van der Waals surface area contributed by atoms with Crippen molar-refractivity contribution in [3.63, 3.8) is 0 Å². The van der Waals surface area contributed by atoms with Gasteiger partial charge in [0.25, 0.3) is 5.91 Å². The average Bonchev–Trinajstić information content (AvgIpc) is 2.40. The van der Waals surface area contributed by atoms with Gasteiger partial charge < -0.3 is 16.4 Å². The third-order valence-corrected chi connectivity index (χ3v) is 4.17. The molecule has 0 radical (unpaired) electrons. The maximum absolute atomic E-state index is 11.7. The first-order valence-electron chi connectivity index (χ1n) is 6.78. The smallest absolute Gasteiger partial charge is 0.251 e. The number of carbonyl (C=O) groups excluding carboxylic acids is 1. The summed E-state index contributed by atoms with van der Waals surface area (Å²) < 4.78 is 25.4. The van der Waals surface area contributed by atoms with Crippen LogP contribution in [0.4, 0.5) is 11.4 Å². The molecule has 0 fully saturated rings. The Balaban J connectivity index is 2.63. The molecule has 0 atom stereocenters. The van der Waals surface area contributed by atoms with Crippen LogP contribution in [0.1, 0.15) is 24.2 Å². The van der Waals surface area contributed by atoms with E-state index in [1.54, 1.807) is 25.1 Å². The Hall–Kier alpha value is -1.80. The first-order chi connectivity index (χ1) is 9.89. The maximum Gasteiger partial charge on any atom is 0.251 e. The van der Waals surface area contributed by atoms with Gasteiger partial charge in [-0.1, -0.05) is 6.92 Å². The maximum atomic E-state index is 11.7. The first-order valence-corrected chi connectivity index (χ1v) is 8.43. The summed E-state index contributed by atoms with van der Waals surface area (Å²) in [5.41, 5.74) is 7.34. The van der Waals surface area contributed by atoms with E-state index in [0.717, 1.165) is 0 Å². The molecule has 118 valence electrons. The summed E-state index contributed by atoms with van der Waals surface area (Å²) in [5, 5.41) is 5.63. The summed E-state index contributed by atoms with van der Waals surface area (Å²) in [4.78, 5) is 11.7. The van der Waals surface area contributed by atoms with Crippen molar-refractivity contribution < 1.29 is 13.2 Å². The summed E-state index contributed by atoms with van der Waals surface area (Å²) in [6.07, 6.45) is 0. The van der Waals surface area contributed by atoms with Crippen LogP contribution in [0.2, 0.25) is 0 Å². The van der Waals surface area contributed by atoms with Crippen LogP contribution >= 0.6 is 0 Å². The van der Waals surface area contributed by atoms with Crippen LogP contribution in [0.3, 0.4) is 0 Å². The Kier molecular flexibility index (Phi) is 6.44. The number of rotatable bonds is 8. The molecule has 0 unspecified atom stereocenters. The van der Waals surface area contributed by atoms with Crippen molar-refractivity contribution in [3.8, 4) is 0 Å². The van der Waals surface area contributed by atoms with Crippen LogP contribution in [-0.4, -0.2) is 39.7 Å². The Morgan fingerprint density at radius 3 is 2.52 bits per heavy atom. The normalized spacial score (nSPS) is 11.1. The highest BCUT2D eigenvalue weighted by Gasteiger charge is 2.10. The molecule has 21 heavy (non-hydrogen) atoms. The lowest BCUT2D eigenvalue weighted by molar-refractivity contribution is 0.0956. The minimum absolute atomic E-state index is 0.0433. The lowest BCUT2D eigenvalue weighted by Crippen LogP contribution is -2.29. The molecule has 5 N–H and O–H groups in total. The highest BCUT2D eigenvalue weighted by molar-refractivity contribution is 7.89. The Morgan fingerprint density at radius 2 is 1.95 bits per heavy atom. The SMILES string of the molecule is CCNC(=O)c1ccc(NCCS(=O)(=O)NCC)c(N)c1. The Bertz CT molecular complexity index is 587. The van der Waals surface area contributed by atoms with Gasteiger partial charge in [0.2, 0.25) is 10.0 Å². The van der Waals surface area contributed by atoms with E-state index in [1.165, 1.54) is 0 Å². The molecular weight excluding hydrogens is 292 g/mol. The van der Waals surface area contributed by atoms with Gasteiger partial charge in [-0.15, -0.1) is 0 Å². The summed E-state index contributed by atoms with van der Waals surface area (Å²) in [5.74, 6) is -0.233. The lowest BCUT2D eigenvalue weighted by atomic mass is 10.1. The molecule has 1 aromatic carbocycles. The molecule has 1 amide bonds. The quantitative estimate of drug-likeness (QED) is 0.518. The number of anilines is 2. The van der Waals surface area contributed by atoms with Crippen LogP contribution < -0.4 is 21.1 Å². The number of hydrogen-bond donors (Lipinski definition) is 4. The van der Waals surface area contributed by atoms with Gasteiger partial charge in [0, 0.05) is 25.2 Å². The number of sulfonamides is 1. The monoisotopic (exact) mass is 314 g/mol.